The molecule has 1 aromatic rings. The summed E-state index contributed by atoms with van der Waals surface area (Å²) in [5.74, 6) is 0.0277. The van der Waals surface area contributed by atoms with E-state index in [0.29, 0.717) is 0 Å². The summed E-state index contributed by atoms with van der Waals surface area (Å²) in [5, 5.41) is 8.92. The number of ether oxygens (including phenoxy) is 1. The third-order valence-electron chi connectivity index (χ3n) is 2.79. The van der Waals surface area contributed by atoms with Crippen LogP contribution in [0.25, 0.3) is 0 Å². The highest BCUT2D eigenvalue weighted by molar-refractivity contribution is 5.75. The molecule has 0 saturated heterocycles. The van der Waals surface area contributed by atoms with Crippen LogP contribution in [0.1, 0.15) is 31.7 Å². The number of carboxylic acid groups (broad SMARTS) is 1. The van der Waals surface area contributed by atoms with Crippen molar-refractivity contribution in [1.82, 2.24) is 0 Å². The Labute approximate surface area is 95.0 Å². The average Bonchev–Trinajstić information content (AvgIpc) is 2.97. The number of hydrogen-bond acceptors (Lipinski definition) is 2. The van der Waals surface area contributed by atoms with Crippen molar-refractivity contribution in [2.45, 2.75) is 32.3 Å². The van der Waals surface area contributed by atoms with E-state index in [4.69, 9.17) is 9.84 Å². The summed E-state index contributed by atoms with van der Waals surface area (Å²) in [6.07, 6.45) is 0.844. The third kappa shape index (κ3) is 2.18. The quantitative estimate of drug-likeness (QED) is 0.848. The van der Waals surface area contributed by atoms with E-state index in [0.717, 1.165) is 17.7 Å². The molecule has 0 spiro atoms. The Bertz CT molecular complexity index is 398. The Kier molecular flexibility index (Phi) is 2.86. The molecular formula is C13H16O3. The van der Waals surface area contributed by atoms with Crippen LogP contribution in [0.5, 0.6) is 5.75 Å². The van der Waals surface area contributed by atoms with Gasteiger partial charge in [0, 0.05) is 5.92 Å². The van der Waals surface area contributed by atoms with Crippen LogP contribution in [0.2, 0.25) is 0 Å². The fourth-order valence-corrected chi connectivity index (χ4v) is 1.96. The van der Waals surface area contributed by atoms with Crippen LogP contribution in [-0.2, 0) is 4.79 Å². The largest absolute Gasteiger partial charge is 0.491 e. The van der Waals surface area contributed by atoms with Crippen molar-refractivity contribution < 1.29 is 14.6 Å². The molecule has 0 bridgehead atoms. The lowest BCUT2D eigenvalue weighted by Crippen LogP contribution is -2.08. The molecule has 1 aliphatic carbocycles. The molecule has 0 heterocycles. The lowest BCUT2D eigenvalue weighted by Gasteiger charge is -2.13. The van der Waals surface area contributed by atoms with Crippen LogP contribution in [0.3, 0.4) is 0 Å². The molecular weight excluding hydrogens is 204 g/mol. The van der Waals surface area contributed by atoms with Gasteiger partial charge in [-0.1, -0.05) is 18.2 Å². The summed E-state index contributed by atoms with van der Waals surface area (Å²) >= 11 is 0. The van der Waals surface area contributed by atoms with E-state index in [-0.39, 0.29) is 17.9 Å². The van der Waals surface area contributed by atoms with Gasteiger partial charge in [0.15, 0.2) is 0 Å². The molecule has 0 radical (unpaired) electrons. The second-order valence-electron chi connectivity index (χ2n) is 4.49. The highest BCUT2D eigenvalue weighted by Gasteiger charge is 2.45. The predicted molar refractivity (Wildman–Crippen MR) is 60.7 cm³/mol. The normalized spacial score (nSPS) is 23.2. The zero-order chi connectivity index (χ0) is 11.7. The van der Waals surface area contributed by atoms with Gasteiger partial charge in [-0.05, 0) is 31.9 Å². The number of hydrogen-bond donors (Lipinski definition) is 1. The van der Waals surface area contributed by atoms with E-state index in [1.165, 1.54) is 0 Å². The Morgan fingerprint density at radius 1 is 1.44 bits per heavy atom. The van der Waals surface area contributed by atoms with Gasteiger partial charge in [-0.25, -0.2) is 0 Å². The van der Waals surface area contributed by atoms with E-state index in [1.807, 2.05) is 38.1 Å². The number of rotatable bonds is 4. The molecule has 1 aromatic carbocycles. The molecule has 1 N–H and O–H groups in total. The van der Waals surface area contributed by atoms with Crippen molar-refractivity contribution in [3.63, 3.8) is 0 Å². The van der Waals surface area contributed by atoms with Crippen molar-refractivity contribution >= 4 is 5.97 Å². The maximum atomic E-state index is 10.8. The van der Waals surface area contributed by atoms with Gasteiger partial charge >= 0.3 is 5.97 Å². The molecule has 2 unspecified atom stereocenters. The van der Waals surface area contributed by atoms with Gasteiger partial charge in [-0.15, -0.1) is 0 Å². The summed E-state index contributed by atoms with van der Waals surface area (Å²) in [6, 6.07) is 7.72. The Morgan fingerprint density at radius 3 is 2.69 bits per heavy atom. The smallest absolute Gasteiger partial charge is 0.307 e. The number of para-hydroxylation sites is 1. The van der Waals surface area contributed by atoms with Crippen molar-refractivity contribution in [1.29, 1.82) is 0 Å². The van der Waals surface area contributed by atoms with Gasteiger partial charge in [-0.3, -0.25) is 4.79 Å². The van der Waals surface area contributed by atoms with Gasteiger partial charge in [0.05, 0.1) is 12.0 Å². The highest BCUT2D eigenvalue weighted by Crippen LogP contribution is 2.50. The molecule has 1 fully saturated rings. The number of benzene rings is 1. The highest BCUT2D eigenvalue weighted by atomic mass is 16.5. The lowest BCUT2D eigenvalue weighted by molar-refractivity contribution is -0.138. The Balaban J connectivity index is 2.18. The molecule has 86 valence electrons. The summed E-state index contributed by atoms with van der Waals surface area (Å²) in [6.45, 7) is 3.94. The minimum Gasteiger partial charge on any atom is -0.491 e. The van der Waals surface area contributed by atoms with Crippen LogP contribution in [0.15, 0.2) is 24.3 Å². The molecule has 16 heavy (non-hydrogen) atoms. The summed E-state index contributed by atoms with van der Waals surface area (Å²) in [5.41, 5.74) is 1.03. The van der Waals surface area contributed by atoms with Crippen molar-refractivity contribution in [3.05, 3.63) is 29.8 Å². The standard InChI is InChI=1S/C13H16O3/c1-8(2)16-12-6-4-3-5-9(12)10-7-11(10)13(14)15/h3-6,8,10-11H,7H2,1-2H3,(H,14,15). The third-order valence-corrected chi connectivity index (χ3v) is 2.79. The first kappa shape index (κ1) is 11.0. The molecule has 3 heteroatoms. The van der Waals surface area contributed by atoms with E-state index in [9.17, 15) is 4.79 Å². The monoisotopic (exact) mass is 220 g/mol. The Morgan fingerprint density at radius 2 is 2.12 bits per heavy atom. The van der Waals surface area contributed by atoms with Crippen LogP contribution in [0, 0.1) is 5.92 Å². The van der Waals surface area contributed by atoms with E-state index in [2.05, 4.69) is 0 Å². The number of carbonyl (C=O) groups is 1. The first-order valence-electron chi connectivity index (χ1n) is 5.58. The second kappa shape index (κ2) is 4.16. The van der Waals surface area contributed by atoms with E-state index in [1.54, 1.807) is 0 Å². The Hall–Kier alpha value is -1.51. The average molecular weight is 220 g/mol. The molecule has 1 aliphatic rings. The van der Waals surface area contributed by atoms with Gasteiger partial charge < -0.3 is 9.84 Å². The predicted octanol–water partition coefficient (Wildman–Crippen LogP) is 2.66. The summed E-state index contributed by atoms with van der Waals surface area (Å²) in [7, 11) is 0. The zero-order valence-electron chi connectivity index (χ0n) is 9.51. The molecule has 0 amide bonds. The first-order chi connectivity index (χ1) is 7.59. The van der Waals surface area contributed by atoms with Crippen LogP contribution >= 0.6 is 0 Å². The maximum Gasteiger partial charge on any atom is 0.307 e. The topological polar surface area (TPSA) is 46.5 Å². The lowest BCUT2D eigenvalue weighted by atomic mass is 10.1. The van der Waals surface area contributed by atoms with E-state index < -0.39 is 5.97 Å². The van der Waals surface area contributed by atoms with Crippen molar-refractivity contribution in [3.8, 4) is 5.75 Å². The molecule has 2 rings (SSSR count). The second-order valence-corrected chi connectivity index (χ2v) is 4.49. The number of aliphatic carboxylic acids is 1. The fourth-order valence-electron chi connectivity index (χ4n) is 1.96. The van der Waals surface area contributed by atoms with Crippen LogP contribution < -0.4 is 4.74 Å². The molecule has 2 atom stereocenters. The van der Waals surface area contributed by atoms with Crippen molar-refractivity contribution in [2.75, 3.05) is 0 Å². The zero-order valence-corrected chi connectivity index (χ0v) is 9.51. The van der Waals surface area contributed by atoms with Gasteiger partial charge in [0.2, 0.25) is 0 Å². The van der Waals surface area contributed by atoms with Gasteiger partial charge in [-0.2, -0.15) is 0 Å². The molecule has 1 saturated carbocycles. The molecule has 0 aliphatic heterocycles. The number of carboxylic acids is 1. The van der Waals surface area contributed by atoms with Gasteiger partial charge in [0.1, 0.15) is 5.75 Å². The van der Waals surface area contributed by atoms with Crippen LogP contribution in [-0.4, -0.2) is 17.2 Å². The van der Waals surface area contributed by atoms with Gasteiger partial charge in [0.25, 0.3) is 0 Å². The molecule has 0 aromatic heterocycles. The van der Waals surface area contributed by atoms with E-state index >= 15 is 0 Å². The summed E-state index contributed by atoms with van der Waals surface area (Å²) < 4.78 is 5.68. The summed E-state index contributed by atoms with van der Waals surface area (Å²) in [4.78, 5) is 10.8. The SMILES string of the molecule is CC(C)Oc1ccccc1C1CC1C(=O)O. The minimum atomic E-state index is -0.704. The minimum absolute atomic E-state index is 0.114. The molecule has 3 nitrogen and oxygen atoms in total. The fraction of sp³-hybridized carbons (Fsp3) is 0.462. The van der Waals surface area contributed by atoms with Crippen molar-refractivity contribution in [2.24, 2.45) is 5.92 Å². The van der Waals surface area contributed by atoms with Crippen LogP contribution in [0.4, 0.5) is 0 Å². The maximum absolute atomic E-state index is 10.8. The first-order valence-corrected chi connectivity index (χ1v) is 5.58.